The van der Waals surface area contributed by atoms with E-state index in [0.717, 1.165) is 26.3 Å². The maximum absolute atomic E-state index is 5.30. The van der Waals surface area contributed by atoms with Crippen LogP contribution in [0.1, 0.15) is 19.8 Å². The third kappa shape index (κ3) is 7.49. The van der Waals surface area contributed by atoms with Crippen LogP contribution in [-0.4, -0.2) is 62.3 Å². The summed E-state index contributed by atoms with van der Waals surface area (Å²) < 4.78 is 5.30. The Labute approximate surface area is 104 Å². The van der Waals surface area contributed by atoms with Crippen molar-refractivity contribution in [3.05, 3.63) is 0 Å². The smallest absolute Gasteiger partial charge is 0.0466 e. The second kappa shape index (κ2) is 10.4. The first-order chi connectivity index (χ1) is 7.93. The van der Waals surface area contributed by atoms with Gasteiger partial charge in [-0.05, 0) is 26.3 Å². The summed E-state index contributed by atoms with van der Waals surface area (Å²) in [5.41, 5.74) is 0. The molecule has 0 unspecified atom stereocenters. The van der Waals surface area contributed by atoms with Crippen molar-refractivity contribution in [1.82, 2.24) is 10.2 Å². The number of unbranched alkanes of at least 4 members (excludes halogenated alkanes) is 1. The summed E-state index contributed by atoms with van der Waals surface area (Å²) in [6, 6.07) is 0. The minimum atomic E-state index is 0.848. The van der Waals surface area contributed by atoms with Crippen LogP contribution in [0.15, 0.2) is 0 Å². The molecule has 1 aliphatic heterocycles. The van der Waals surface area contributed by atoms with Crippen LogP contribution in [0.4, 0.5) is 0 Å². The van der Waals surface area contributed by atoms with Crippen molar-refractivity contribution in [3.63, 3.8) is 0 Å². The number of hydrogen-bond acceptors (Lipinski definition) is 4. The lowest BCUT2D eigenvalue weighted by molar-refractivity contribution is 0.143. The van der Waals surface area contributed by atoms with Crippen LogP contribution in [0.5, 0.6) is 0 Å². The van der Waals surface area contributed by atoms with Gasteiger partial charge in [0.1, 0.15) is 0 Å². The number of thioether (sulfide) groups is 1. The Morgan fingerprint density at radius 2 is 2.00 bits per heavy atom. The zero-order valence-corrected chi connectivity index (χ0v) is 11.4. The van der Waals surface area contributed by atoms with E-state index in [0.29, 0.717) is 0 Å². The molecular weight excluding hydrogens is 220 g/mol. The molecule has 0 aromatic carbocycles. The number of nitrogens with zero attached hydrogens (tertiary/aromatic N) is 1. The molecule has 1 fully saturated rings. The van der Waals surface area contributed by atoms with Crippen LogP contribution in [0.2, 0.25) is 0 Å². The van der Waals surface area contributed by atoms with E-state index in [9.17, 15) is 0 Å². The molecule has 0 spiro atoms. The van der Waals surface area contributed by atoms with Gasteiger partial charge in [-0.2, -0.15) is 11.8 Å². The number of nitrogens with one attached hydrogen (secondary N) is 1. The van der Waals surface area contributed by atoms with Crippen molar-refractivity contribution < 1.29 is 4.74 Å². The summed E-state index contributed by atoms with van der Waals surface area (Å²) in [7, 11) is 0. The highest BCUT2D eigenvalue weighted by Gasteiger charge is 2.08. The first kappa shape index (κ1) is 14.3. The van der Waals surface area contributed by atoms with Gasteiger partial charge in [-0.1, -0.05) is 0 Å². The van der Waals surface area contributed by atoms with Gasteiger partial charge in [-0.3, -0.25) is 0 Å². The number of hydrogen-bond donors (Lipinski definition) is 1. The maximum atomic E-state index is 5.30. The standard InChI is InChI=1S/C12H26N2OS/c1-2-15-10-4-3-5-13-6-7-14-8-11-16-12-9-14/h13H,2-12H2,1H3. The van der Waals surface area contributed by atoms with Gasteiger partial charge in [0, 0.05) is 50.9 Å². The third-order valence-corrected chi connectivity index (χ3v) is 3.75. The second-order valence-corrected chi connectivity index (χ2v) is 5.33. The van der Waals surface area contributed by atoms with Gasteiger partial charge >= 0.3 is 0 Å². The largest absolute Gasteiger partial charge is 0.382 e. The average molecular weight is 246 g/mol. The summed E-state index contributed by atoms with van der Waals surface area (Å²) >= 11 is 2.08. The Bertz CT molecular complexity index is 152. The van der Waals surface area contributed by atoms with E-state index in [-0.39, 0.29) is 0 Å². The molecule has 96 valence electrons. The molecule has 1 saturated heterocycles. The second-order valence-electron chi connectivity index (χ2n) is 4.11. The van der Waals surface area contributed by atoms with Crippen molar-refractivity contribution in [2.24, 2.45) is 0 Å². The molecule has 1 heterocycles. The van der Waals surface area contributed by atoms with E-state index < -0.39 is 0 Å². The molecule has 4 heteroatoms. The first-order valence-corrected chi connectivity index (χ1v) is 7.67. The van der Waals surface area contributed by atoms with Gasteiger partial charge in [-0.15, -0.1) is 0 Å². The van der Waals surface area contributed by atoms with Gasteiger partial charge in [-0.25, -0.2) is 0 Å². The Kier molecular flexibility index (Phi) is 9.28. The van der Waals surface area contributed by atoms with E-state index in [4.69, 9.17) is 4.74 Å². The van der Waals surface area contributed by atoms with E-state index in [1.165, 1.54) is 44.0 Å². The van der Waals surface area contributed by atoms with E-state index >= 15 is 0 Å². The summed E-state index contributed by atoms with van der Waals surface area (Å²) in [4.78, 5) is 2.56. The van der Waals surface area contributed by atoms with Crippen LogP contribution in [0, 0.1) is 0 Å². The zero-order chi connectivity index (χ0) is 11.5. The van der Waals surface area contributed by atoms with Gasteiger partial charge in [0.05, 0.1) is 0 Å². The molecule has 0 aliphatic carbocycles. The van der Waals surface area contributed by atoms with Gasteiger partial charge < -0.3 is 15.0 Å². The van der Waals surface area contributed by atoms with Gasteiger partial charge in [0.2, 0.25) is 0 Å². The van der Waals surface area contributed by atoms with E-state index in [1.807, 2.05) is 0 Å². The predicted octanol–water partition coefficient (Wildman–Crippen LogP) is 1.44. The maximum Gasteiger partial charge on any atom is 0.0466 e. The third-order valence-electron chi connectivity index (χ3n) is 2.80. The molecule has 0 radical (unpaired) electrons. The van der Waals surface area contributed by atoms with Crippen LogP contribution in [0.25, 0.3) is 0 Å². The average Bonchev–Trinajstić information content (AvgIpc) is 2.34. The van der Waals surface area contributed by atoms with Gasteiger partial charge in [0.25, 0.3) is 0 Å². The highest BCUT2D eigenvalue weighted by atomic mass is 32.2. The molecule has 0 aromatic rings. The fraction of sp³-hybridized carbons (Fsp3) is 1.00. The zero-order valence-electron chi connectivity index (χ0n) is 10.5. The van der Waals surface area contributed by atoms with Crippen LogP contribution >= 0.6 is 11.8 Å². The van der Waals surface area contributed by atoms with Crippen LogP contribution in [0.3, 0.4) is 0 Å². The summed E-state index contributed by atoms with van der Waals surface area (Å²) in [5.74, 6) is 2.63. The Morgan fingerprint density at radius 3 is 2.75 bits per heavy atom. The van der Waals surface area contributed by atoms with Crippen molar-refractivity contribution >= 4 is 11.8 Å². The number of ether oxygens (including phenoxy) is 1. The molecule has 0 aromatic heterocycles. The molecule has 1 N–H and O–H groups in total. The topological polar surface area (TPSA) is 24.5 Å². The molecule has 1 rings (SSSR count). The monoisotopic (exact) mass is 246 g/mol. The lowest BCUT2D eigenvalue weighted by Crippen LogP contribution is -2.37. The highest BCUT2D eigenvalue weighted by Crippen LogP contribution is 2.07. The SMILES string of the molecule is CCOCCCCNCCN1CCSCC1. The molecule has 16 heavy (non-hydrogen) atoms. The molecule has 3 nitrogen and oxygen atoms in total. The van der Waals surface area contributed by atoms with E-state index in [1.54, 1.807) is 0 Å². The quantitative estimate of drug-likeness (QED) is 0.622. The molecule has 0 amide bonds. The van der Waals surface area contributed by atoms with Crippen molar-refractivity contribution in [3.8, 4) is 0 Å². The molecule has 0 saturated carbocycles. The molecule has 0 atom stereocenters. The fourth-order valence-electron chi connectivity index (χ4n) is 1.79. The normalized spacial score (nSPS) is 17.8. The Morgan fingerprint density at radius 1 is 1.19 bits per heavy atom. The lowest BCUT2D eigenvalue weighted by atomic mass is 10.3. The summed E-state index contributed by atoms with van der Waals surface area (Å²) in [6.07, 6.45) is 2.41. The van der Waals surface area contributed by atoms with Crippen molar-refractivity contribution in [1.29, 1.82) is 0 Å². The molecular formula is C12H26N2OS. The Hall–Kier alpha value is 0.230. The van der Waals surface area contributed by atoms with Crippen molar-refractivity contribution in [2.75, 3.05) is 57.4 Å². The first-order valence-electron chi connectivity index (χ1n) is 6.52. The highest BCUT2D eigenvalue weighted by molar-refractivity contribution is 7.99. The summed E-state index contributed by atoms with van der Waals surface area (Å²) in [5, 5.41) is 3.51. The minimum Gasteiger partial charge on any atom is -0.382 e. The molecule has 1 aliphatic rings. The number of rotatable bonds is 9. The fourth-order valence-corrected chi connectivity index (χ4v) is 2.76. The Balaban J connectivity index is 1.77. The summed E-state index contributed by atoms with van der Waals surface area (Å²) in [6.45, 7) is 9.85. The van der Waals surface area contributed by atoms with Gasteiger partial charge in [0.15, 0.2) is 0 Å². The lowest BCUT2D eigenvalue weighted by Gasteiger charge is -2.26. The molecule has 0 bridgehead atoms. The van der Waals surface area contributed by atoms with Crippen LogP contribution < -0.4 is 5.32 Å². The minimum absolute atomic E-state index is 0.848. The van der Waals surface area contributed by atoms with Crippen molar-refractivity contribution in [2.45, 2.75) is 19.8 Å². The van der Waals surface area contributed by atoms with E-state index in [2.05, 4.69) is 28.9 Å². The van der Waals surface area contributed by atoms with Crippen LogP contribution in [-0.2, 0) is 4.74 Å². The predicted molar refractivity (Wildman–Crippen MR) is 72.4 cm³/mol.